The largest absolute Gasteiger partial charge is 0.496 e. The number of hydrogen-bond donors (Lipinski definition) is 2. The van der Waals surface area contributed by atoms with Crippen molar-refractivity contribution in [3.8, 4) is 17.1 Å². The highest BCUT2D eigenvalue weighted by Gasteiger charge is 2.12. The van der Waals surface area contributed by atoms with Crippen LogP contribution in [-0.2, 0) is 15.8 Å². The summed E-state index contributed by atoms with van der Waals surface area (Å²) < 4.78 is 41.3. The molecular formula is C17H16FN5O3S. The molecule has 0 amide bonds. The van der Waals surface area contributed by atoms with Gasteiger partial charge in [0.1, 0.15) is 17.9 Å². The highest BCUT2D eigenvalue weighted by Crippen LogP contribution is 2.28. The van der Waals surface area contributed by atoms with E-state index in [1.807, 2.05) is 0 Å². The number of nitrogens with zero attached hydrogens (tertiary/aromatic N) is 3. The van der Waals surface area contributed by atoms with E-state index in [1.165, 1.54) is 31.6 Å². The molecule has 3 N–H and O–H groups in total. The molecule has 0 atom stereocenters. The van der Waals surface area contributed by atoms with Crippen LogP contribution in [0.1, 0.15) is 5.56 Å². The summed E-state index contributed by atoms with van der Waals surface area (Å²) in [5.41, 5.74) is 1.47. The van der Waals surface area contributed by atoms with Gasteiger partial charge in [-0.15, -0.1) is 0 Å². The summed E-state index contributed by atoms with van der Waals surface area (Å²) in [5.74, 6) is 0.120. The Hall–Kier alpha value is -3.11. The molecule has 27 heavy (non-hydrogen) atoms. The van der Waals surface area contributed by atoms with Crippen molar-refractivity contribution in [3.63, 3.8) is 0 Å². The van der Waals surface area contributed by atoms with Crippen molar-refractivity contribution in [2.75, 3.05) is 12.4 Å². The van der Waals surface area contributed by atoms with Crippen molar-refractivity contribution in [1.82, 2.24) is 15.0 Å². The van der Waals surface area contributed by atoms with Gasteiger partial charge >= 0.3 is 0 Å². The van der Waals surface area contributed by atoms with Crippen molar-refractivity contribution in [3.05, 3.63) is 60.2 Å². The van der Waals surface area contributed by atoms with E-state index in [0.717, 1.165) is 0 Å². The van der Waals surface area contributed by atoms with Gasteiger partial charge in [-0.3, -0.25) is 0 Å². The van der Waals surface area contributed by atoms with Crippen LogP contribution in [0.15, 0.2) is 48.8 Å². The average molecular weight is 389 g/mol. The van der Waals surface area contributed by atoms with E-state index in [9.17, 15) is 12.8 Å². The summed E-state index contributed by atoms with van der Waals surface area (Å²) >= 11 is 0. The molecule has 0 radical (unpaired) electrons. The number of anilines is 2. The lowest BCUT2D eigenvalue weighted by Gasteiger charge is -2.10. The Labute approximate surface area is 155 Å². The molecule has 3 aromatic rings. The van der Waals surface area contributed by atoms with Crippen LogP contribution in [0.2, 0.25) is 0 Å². The first-order valence-electron chi connectivity index (χ1n) is 7.73. The van der Waals surface area contributed by atoms with Gasteiger partial charge in [-0.2, -0.15) is 4.98 Å². The van der Waals surface area contributed by atoms with E-state index in [0.29, 0.717) is 22.6 Å². The molecule has 0 saturated carbocycles. The van der Waals surface area contributed by atoms with E-state index >= 15 is 0 Å². The molecule has 0 aliphatic carbocycles. The Kier molecular flexibility index (Phi) is 5.28. The predicted octanol–water partition coefficient (Wildman–Crippen LogP) is 2.22. The zero-order valence-corrected chi connectivity index (χ0v) is 15.1. The normalized spacial score (nSPS) is 11.2. The van der Waals surface area contributed by atoms with E-state index < -0.39 is 15.8 Å². The quantitative estimate of drug-likeness (QED) is 0.663. The predicted molar refractivity (Wildman–Crippen MR) is 98.3 cm³/mol. The minimum absolute atomic E-state index is 0.207. The summed E-state index contributed by atoms with van der Waals surface area (Å²) in [6.45, 7) is 0. The molecule has 8 nitrogen and oxygen atoms in total. The third-order valence-electron chi connectivity index (χ3n) is 3.53. The lowest BCUT2D eigenvalue weighted by Crippen LogP contribution is -2.14. The third-order valence-corrected chi connectivity index (χ3v) is 4.26. The molecule has 0 aliphatic rings. The Balaban J connectivity index is 1.89. The van der Waals surface area contributed by atoms with Gasteiger partial charge < -0.3 is 10.1 Å². The Morgan fingerprint density at radius 3 is 2.74 bits per heavy atom. The molecule has 1 aromatic heterocycles. The van der Waals surface area contributed by atoms with Crippen LogP contribution in [0.3, 0.4) is 0 Å². The van der Waals surface area contributed by atoms with Crippen molar-refractivity contribution >= 4 is 21.7 Å². The van der Waals surface area contributed by atoms with Gasteiger partial charge in [-0.25, -0.2) is 27.9 Å². The number of primary sulfonamides is 1. The fourth-order valence-electron chi connectivity index (χ4n) is 2.44. The smallest absolute Gasteiger partial charge is 0.230 e. The van der Waals surface area contributed by atoms with Gasteiger partial charge in [0.05, 0.1) is 18.4 Å². The molecule has 10 heteroatoms. The molecular weight excluding hydrogens is 373 g/mol. The lowest BCUT2D eigenvalue weighted by molar-refractivity contribution is 0.415. The Morgan fingerprint density at radius 2 is 2.00 bits per heavy atom. The second-order valence-corrected chi connectivity index (χ2v) is 7.22. The number of nitrogens with two attached hydrogens (primary N) is 1. The number of nitrogens with one attached hydrogen (secondary N) is 1. The molecule has 0 saturated heterocycles. The van der Waals surface area contributed by atoms with Crippen LogP contribution in [0, 0.1) is 5.82 Å². The monoisotopic (exact) mass is 389 g/mol. The van der Waals surface area contributed by atoms with Gasteiger partial charge in [0, 0.05) is 5.69 Å². The van der Waals surface area contributed by atoms with Crippen molar-refractivity contribution in [1.29, 1.82) is 0 Å². The Morgan fingerprint density at radius 1 is 1.19 bits per heavy atom. The fraction of sp³-hybridized carbons (Fsp3) is 0.118. The first-order chi connectivity index (χ1) is 12.8. The highest BCUT2D eigenvalue weighted by molar-refractivity contribution is 7.88. The third kappa shape index (κ3) is 4.96. The minimum atomic E-state index is -3.64. The maximum Gasteiger partial charge on any atom is 0.230 e. The molecule has 1 heterocycles. The molecule has 0 aliphatic heterocycles. The number of halogens is 1. The number of aromatic nitrogens is 3. The summed E-state index contributed by atoms with van der Waals surface area (Å²) in [7, 11) is -2.17. The summed E-state index contributed by atoms with van der Waals surface area (Å²) in [6.07, 6.45) is 1.28. The van der Waals surface area contributed by atoms with Crippen LogP contribution in [-0.4, -0.2) is 30.5 Å². The molecule has 0 spiro atoms. The summed E-state index contributed by atoms with van der Waals surface area (Å²) in [6, 6.07) is 10.7. The first kappa shape index (κ1) is 18.7. The number of ether oxygens (including phenoxy) is 1. The number of methoxy groups -OCH3 is 1. The second-order valence-electron chi connectivity index (χ2n) is 5.61. The molecule has 140 valence electrons. The number of hydrogen-bond acceptors (Lipinski definition) is 7. The number of rotatable bonds is 6. The van der Waals surface area contributed by atoms with Crippen LogP contribution >= 0.6 is 0 Å². The SMILES string of the molecule is COc1ccc(F)cc1-c1ncnc(Nc2cccc(CS(N)(=O)=O)c2)n1. The van der Waals surface area contributed by atoms with Gasteiger partial charge in [-0.1, -0.05) is 12.1 Å². The van der Waals surface area contributed by atoms with Gasteiger partial charge in [0.15, 0.2) is 5.82 Å². The van der Waals surface area contributed by atoms with Crippen LogP contribution in [0.25, 0.3) is 11.4 Å². The summed E-state index contributed by atoms with van der Waals surface area (Å²) in [5, 5.41) is 8.03. The lowest BCUT2D eigenvalue weighted by atomic mass is 10.2. The minimum Gasteiger partial charge on any atom is -0.496 e. The number of sulfonamides is 1. The van der Waals surface area contributed by atoms with Gasteiger partial charge in [0.2, 0.25) is 16.0 Å². The van der Waals surface area contributed by atoms with Crippen LogP contribution < -0.4 is 15.2 Å². The maximum absolute atomic E-state index is 13.6. The van der Waals surface area contributed by atoms with E-state index in [1.54, 1.807) is 24.3 Å². The van der Waals surface area contributed by atoms with Gasteiger partial charge in [-0.05, 0) is 35.9 Å². The van der Waals surface area contributed by atoms with Gasteiger partial charge in [0.25, 0.3) is 0 Å². The van der Waals surface area contributed by atoms with Crippen LogP contribution in [0.4, 0.5) is 16.0 Å². The van der Waals surface area contributed by atoms with Crippen LogP contribution in [0.5, 0.6) is 5.75 Å². The van der Waals surface area contributed by atoms with Crippen molar-refractivity contribution < 1.29 is 17.5 Å². The average Bonchev–Trinajstić information content (AvgIpc) is 2.61. The standard InChI is InChI=1S/C17H16FN5O3S/c1-26-15-6-5-12(18)8-14(15)16-20-10-21-17(23-16)22-13-4-2-3-11(7-13)9-27(19,24)25/h2-8,10H,9H2,1H3,(H2,19,24,25)(H,20,21,22,23). The second kappa shape index (κ2) is 7.64. The zero-order chi connectivity index (χ0) is 19.4. The summed E-state index contributed by atoms with van der Waals surface area (Å²) in [4.78, 5) is 12.4. The zero-order valence-electron chi connectivity index (χ0n) is 14.3. The van der Waals surface area contributed by atoms with Crippen molar-refractivity contribution in [2.45, 2.75) is 5.75 Å². The maximum atomic E-state index is 13.6. The Bertz CT molecular complexity index is 1080. The van der Waals surface area contributed by atoms with Crippen molar-refractivity contribution in [2.24, 2.45) is 5.14 Å². The highest BCUT2D eigenvalue weighted by atomic mass is 32.2. The molecule has 3 rings (SSSR count). The van der Waals surface area contributed by atoms with E-state index in [-0.39, 0.29) is 17.5 Å². The van der Waals surface area contributed by atoms with E-state index in [4.69, 9.17) is 9.88 Å². The fourth-order valence-corrected chi connectivity index (χ4v) is 3.09. The topological polar surface area (TPSA) is 120 Å². The molecule has 0 bridgehead atoms. The molecule has 2 aromatic carbocycles. The number of benzene rings is 2. The molecule has 0 fully saturated rings. The first-order valence-corrected chi connectivity index (χ1v) is 9.45. The van der Waals surface area contributed by atoms with E-state index in [2.05, 4.69) is 20.3 Å². The molecule has 0 unspecified atom stereocenters.